The highest BCUT2D eigenvalue weighted by atomic mass is 16.4. The average Bonchev–Trinajstić information content (AvgIpc) is 2.19. The van der Waals surface area contributed by atoms with Crippen LogP contribution in [0.5, 0.6) is 0 Å². The molecule has 1 N–H and O–H groups in total. The Morgan fingerprint density at radius 1 is 1.29 bits per heavy atom. The van der Waals surface area contributed by atoms with Crippen LogP contribution in [-0.2, 0) is 4.79 Å². The molecule has 1 saturated carbocycles. The molecule has 2 heteroatoms. The minimum Gasteiger partial charge on any atom is -0.481 e. The van der Waals surface area contributed by atoms with Crippen LogP contribution in [0.25, 0.3) is 0 Å². The Morgan fingerprint density at radius 3 is 2.64 bits per heavy atom. The molecule has 1 spiro atoms. The molecule has 14 heavy (non-hydrogen) atoms. The smallest absolute Gasteiger partial charge is 0.307 e. The zero-order valence-corrected chi connectivity index (χ0v) is 8.54. The molecule has 0 amide bonds. The van der Waals surface area contributed by atoms with Gasteiger partial charge in [0.2, 0.25) is 0 Å². The van der Waals surface area contributed by atoms with E-state index in [0.717, 1.165) is 25.7 Å². The van der Waals surface area contributed by atoms with Crippen LogP contribution in [-0.4, -0.2) is 11.1 Å². The molecule has 0 radical (unpaired) electrons. The summed E-state index contributed by atoms with van der Waals surface area (Å²) in [6.45, 7) is 0. The van der Waals surface area contributed by atoms with E-state index in [-0.39, 0.29) is 11.3 Å². The van der Waals surface area contributed by atoms with Gasteiger partial charge in [0.15, 0.2) is 0 Å². The Bertz CT molecular complexity index is 249. The summed E-state index contributed by atoms with van der Waals surface area (Å²) in [6, 6.07) is 0. The predicted octanol–water partition coefficient (Wildman–Crippen LogP) is 2.99. The lowest BCUT2D eigenvalue weighted by Gasteiger charge is -2.41. The van der Waals surface area contributed by atoms with Crippen molar-refractivity contribution >= 4 is 5.97 Å². The van der Waals surface area contributed by atoms with Gasteiger partial charge in [-0.25, -0.2) is 0 Å². The molecule has 1 atom stereocenters. The van der Waals surface area contributed by atoms with Crippen molar-refractivity contribution in [1.82, 2.24) is 0 Å². The fourth-order valence-electron chi connectivity index (χ4n) is 3.08. The second kappa shape index (κ2) is 3.76. The molecule has 0 aromatic heterocycles. The number of aliphatic carboxylic acids is 1. The molecule has 0 bridgehead atoms. The highest BCUT2D eigenvalue weighted by Gasteiger charge is 2.42. The van der Waals surface area contributed by atoms with Crippen LogP contribution in [0.4, 0.5) is 0 Å². The van der Waals surface area contributed by atoms with E-state index in [4.69, 9.17) is 0 Å². The normalized spacial score (nSPS) is 30.4. The second-order valence-electron chi connectivity index (χ2n) is 4.66. The number of rotatable bonds is 1. The van der Waals surface area contributed by atoms with Crippen molar-refractivity contribution in [2.75, 3.05) is 0 Å². The van der Waals surface area contributed by atoms with Crippen molar-refractivity contribution in [1.29, 1.82) is 0 Å². The van der Waals surface area contributed by atoms with Gasteiger partial charge in [-0.2, -0.15) is 0 Å². The number of hydrogen-bond donors (Lipinski definition) is 1. The quantitative estimate of drug-likeness (QED) is 0.651. The van der Waals surface area contributed by atoms with Gasteiger partial charge in [-0.3, -0.25) is 4.79 Å². The highest BCUT2D eigenvalue weighted by molar-refractivity contribution is 5.71. The van der Waals surface area contributed by atoms with Gasteiger partial charge in [-0.15, -0.1) is 0 Å². The predicted molar refractivity (Wildman–Crippen MR) is 55.0 cm³/mol. The average molecular weight is 194 g/mol. The lowest BCUT2D eigenvalue weighted by Crippen LogP contribution is -2.37. The van der Waals surface area contributed by atoms with E-state index in [1.165, 1.54) is 19.3 Å². The molecule has 1 unspecified atom stereocenters. The maximum atomic E-state index is 11.2. The monoisotopic (exact) mass is 194 g/mol. The van der Waals surface area contributed by atoms with E-state index in [2.05, 4.69) is 12.2 Å². The Hall–Kier alpha value is -0.790. The Labute approximate surface area is 85.0 Å². The molecule has 2 rings (SSSR count). The minimum atomic E-state index is -0.587. The summed E-state index contributed by atoms with van der Waals surface area (Å²) in [5.41, 5.74) is 0.0162. The van der Waals surface area contributed by atoms with Gasteiger partial charge in [0, 0.05) is 5.41 Å². The van der Waals surface area contributed by atoms with Crippen LogP contribution in [0.2, 0.25) is 0 Å². The molecule has 1 fully saturated rings. The number of allylic oxidation sites excluding steroid dienone is 2. The van der Waals surface area contributed by atoms with Crippen molar-refractivity contribution < 1.29 is 9.90 Å². The third-order valence-corrected chi connectivity index (χ3v) is 3.85. The van der Waals surface area contributed by atoms with Crippen molar-refractivity contribution in [2.24, 2.45) is 11.3 Å². The zero-order chi connectivity index (χ0) is 10.0. The summed E-state index contributed by atoms with van der Waals surface area (Å²) < 4.78 is 0. The van der Waals surface area contributed by atoms with Crippen LogP contribution in [0, 0.1) is 11.3 Å². The second-order valence-corrected chi connectivity index (χ2v) is 4.66. The van der Waals surface area contributed by atoms with E-state index in [9.17, 15) is 9.90 Å². The first-order chi connectivity index (χ1) is 6.75. The molecule has 2 nitrogen and oxygen atoms in total. The number of hydrogen-bond acceptors (Lipinski definition) is 1. The van der Waals surface area contributed by atoms with Gasteiger partial charge in [-0.1, -0.05) is 31.4 Å². The van der Waals surface area contributed by atoms with E-state index in [1.807, 2.05) is 0 Å². The van der Waals surface area contributed by atoms with Gasteiger partial charge in [0.25, 0.3) is 0 Å². The van der Waals surface area contributed by atoms with Gasteiger partial charge < -0.3 is 5.11 Å². The van der Waals surface area contributed by atoms with E-state index < -0.39 is 5.97 Å². The third kappa shape index (κ3) is 1.58. The van der Waals surface area contributed by atoms with Crippen molar-refractivity contribution in [3.8, 4) is 0 Å². The Morgan fingerprint density at radius 2 is 2.00 bits per heavy atom. The molecule has 78 valence electrons. The summed E-state index contributed by atoms with van der Waals surface area (Å²) in [5.74, 6) is -0.705. The van der Waals surface area contributed by atoms with E-state index >= 15 is 0 Å². The highest BCUT2D eigenvalue weighted by Crippen LogP contribution is 2.47. The lowest BCUT2D eigenvalue weighted by molar-refractivity contribution is -0.147. The fraction of sp³-hybridized carbons (Fsp3) is 0.750. The molecule has 0 aliphatic heterocycles. The third-order valence-electron chi connectivity index (χ3n) is 3.85. The molecule has 2 aliphatic carbocycles. The van der Waals surface area contributed by atoms with Gasteiger partial charge in [0.1, 0.15) is 0 Å². The fourth-order valence-corrected chi connectivity index (χ4v) is 3.08. The topological polar surface area (TPSA) is 37.3 Å². The molecule has 0 aromatic carbocycles. The molecular formula is C12H18O2. The molecule has 0 aromatic rings. The summed E-state index contributed by atoms with van der Waals surface area (Å²) in [7, 11) is 0. The van der Waals surface area contributed by atoms with Gasteiger partial charge >= 0.3 is 5.97 Å². The molecule has 2 aliphatic rings. The lowest BCUT2D eigenvalue weighted by atomic mass is 9.62. The van der Waals surface area contributed by atoms with Crippen molar-refractivity contribution in [2.45, 2.75) is 44.9 Å². The first-order valence-electron chi connectivity index (χ1n) is 5.65. The molecular weight excluding hydrogens is 176 g/mol. The summed E-state index contributed by atoms with van der Waals surface area (Å²) >= 11 is 0. The van der Waals surface area contributed by atoms with E-state index in [1.54, 1.807) is 0 Å². The van der Waals surface area contributed by atoms with Crippen LogP contribution in [0.3, 0.4) is 0 Å². The Balaban J connectivity index is 2.22. The Kier molecular flexibility index (Phi) is 2.62. The summed E-state index contributed by atoms with van der Waals surface area (Å²) in [6.07, 6.45) is 12.0. The first-order valence-corrected chi connectivity index (χ1v) is 5.65. The number of carboxylic acids is 1. The van der Waals surface area contributed by atoms with Crippen LogP contribution >= 0.6 is 0 Å². The van der Waals surface area contributed by atoms with Crippen molar-refractivity contribution in [3.05, 3.63) is 12.2 Å². The number of carboxylic acid groups (broad SMARTS) is 1. The minimum absolute atomic E-state index is 0.0162. The zero-order valence-electron chi connectivity index (χ0n) is 8.54. The molecule has 0 saturated heterocycles. The van der Waals surface area contributed by atoms with Gasteiger partial charge in [0.05, 0.1) is 5.92 Å². The maximum absolute atomic E-state index is 11.2. The standard InChI is InChI=1S/C12H18O2/c13-11(14)10-6-2-5-9-12(10)7-3-1-4-8-12/h5,9-10H,1-4,6-8H2,(H,13,14). The van der Waals surface area contributed by atoms with E-state index in [0.29, 0.717) is 0 Å². The maximum Gasteiger partial charge on any atom is 0.307 e. The number of carbonyl (C=O) groups is 1. The van der Waals surface area contributed by atoms with Crippen LogP contribution in [0.15, 0.2) is 12.2 Å². The van der Waals surface area contributed by atoms with Gasteiger partial charge in [-0.05, 0) is 25.7 Å². The SMILES string of the molecule is O=C(O)C1CCC=CC12CCCCC2. The summed E-state index contributed by atoms with van der Waals surface area (Å²) in [5, 5.41) is 9.22. The van der Waals surface area contributed by atoms with Crippen LogP contribution in [0.1, 0.15) is 44.9 Å². The summed E-state index contributed by atoms with van der Waals surface area (Å²) in [4.78, 5) is 11.2. The largest absolute Gasteiger partial charge is 0.481 e. The first kappa shape index (κ1) is 9.75. The van der Waals surface area contributed by atoms with Crippen LogP contribution < -0.4 is 0 Å². The molecule has 0 heterocycles. The van der Waals surface area contributed by atoms with Crippen molar-refractivity contribution in [3.63, 3.8) is 0 Å².